The maximum absolute atomic E-state index is 11.1. The summed E-state index contributed by atoms with van der Waals surface area (Å²) in [6.07, 6.45) is 0.895. The van der Waals surface area contributed by atoms with Gasteiger partial charge in [0.25, 0.3) is 0 Å². The van der Waals surface area contributed by atoms with Crippen LogP contribution in [0.25, 0.3) is 0 Å². The number of hydrogen-bond acceptors (Lipinski definition) is 0. The highest BCUT2D eigenvalue weighted by Gasteiger charge is 2.33. The Hall–Kier alpha value is -0.253. The van der Waals surface area contributed by atoms with E-state index >= 15 is 0 Å². The summed E-state index contributed by atoms with van der Waals surface area (Å²) >= 11 is 0. The van der Waals surface area contributed by atoms with Gasteiger partial charge in [0.15, 0.2) is 0 Å². The normalized spacial score (nSPS) is 11.3. The third-order valence-electron chi connectivity index (χ3n) is 0.376. The highest BCUT2D eigenvalue weighted by molar-refractivity contribution is 6.58. The zero-order chi connectivity index (χ0) is 5.91. The summed E-state index contributed by atoms with van der Waals surface area (Å²) in [6.45, 7) is 2.96. The predicted octanol–water partition coefficient (Wildman–Crippen LogP) is 2.02. The molecule has 0 heterocycles. The van der Waals surface area contributed by atoms with Crippen molar-refractivity contribution < 1.29 is 12.3 Å². The molecule has 0 spiro atoms. The fraction of sp³-hybridized carbons (Fsp3) is 0.333. The van der Waals surface area contributed by atoms with Crippen LogP contribution >= 0.6 is 0 Å². The van der Waals surface area contributed by atoms with Crippen LogP contribution in [0.15, 0.2) is 12.7 Å². The van der Waals surface area contributed by atoms with Crippen molar-refractivity contribution in [3.05, 3.63) is 12.7 Å². The smallest absolute Gasteiger partial charge is 0.237 e. The zero-order valence-electron chi connectivity index (χ0n) is 3.63. The molecule has 0 fully saturated rings. The molecule has 0 aliphatic carbocycles. The highest BCUT2D eigenvalue weighted by Crippen LogP contribution is 2.13. The van der Waals surface area contributed by atoms with Gasteiger partial charge in [-0.15, -0.1) is 6.58 Å². The Balaban J connectivity index is 3.34. The molecule has 0 aliphatic heterocycles. The molecule has 42 valence electrons. The molecular weight excluding hydrogens is 121 g/mol. The second kappa shape index (κ2) is 2.16. The molecule has 0 aromatic rings. The Kier molecular flexibility index (Phi) is 2.08. The van der Waals surface area contributed by atoms with E-state index in [1.165, 1.54) is 0 Å². The van der Waals surface area contributed by atoms with Crippen molar-refractivity contribution in [2.45, 2.75) is 6.04 Å². The molecule has 0 rings (SSSR count). The van der Waals surface area contributed by atoms with E-state index in [1.807, 2.05) is 0 Å². The van der Waals surface area contributed by atoms with Crippen molar-refractivity contribution >= 4 is 9.08 Å². The molecule has 0 N–H and O–H groups in total. The van der Waals surface area contributed by atoms with Gasteiger partial charge in [-0.3, -0.25) is 0 Å². The van der Waals surface area contributed by atoms with E-state index in [2.05, 4.69) is 6.58 Å². The minimum Gasteiger partial charge on any atom is -0.237 e. The first-order valence-corrected chi connectivity index (χ1v) is 3.58. The first-order chi connectivity index (χ1) is 3.06. The van der Waals surface area contributed by atoms with E-state index in [-0.39, 0.29) is 0 Å². The molecule has 0 aromatic heterocycles. The van der Waals surface area contributed by atoms with Crippen LogP contribution in [0.2, 0.25) is 6.04 Å². The molecule has 0 unspecified atom stereocenters. The molecule has 0 saturated carbocycles. The summed E-state index contributed by atoms with van der Waals surface area (Å²) < 4.78 is 33.4. The molecule has 0 saturated heterocycles. The monoisotopic (exact) mass is 126 g/mol. The molecule has 7 heavy (non-hydrogen) atoms. The average molecular weight is 126 g/mol. The van der Waals surface area contributed by atoms with E-state index in [0.717, 1.165) is 6.08 Å². The molecule has 0 nitrogen and oxygen atoms in total. The molecular formula is C3H5F3Si. The van der Waals surface area contributed by atoms with Gasteiger partial charge < -0.3 is 0 Å². The predicted molar refractivity (Wildman–Crippen MR) is 24.1 cm³/mol. The molecule has 0 atom stereocenters. The Bertz CT molecular complexity index is 65.1. The average Bonchev–Trinajstić information content (AvgIpc) is 1.30. The van der Waals surface area contributed by atoms with Crippen LogP contribution in [0.1, 0.15) is 0 Å². The third kappa shape index (κ3) is 5.75. The molecule has 0 amide bonds. The quantitative estimate of drug-likeness (QED) is 0.301. The van der Waals surface area contributed by atoms with Gasteiger partial charge in [0.2, 0.25) is 0 Å². The summed E-state index contributed by atoms with van der Waals surface area (Å²) in [5.41, 5.74) is 0. The van der Waals surface area contributed by atoms with Gasteiger partial charge >= 0.3 is 9.08 Å². The van der Waals surface area contributed by atoms with E-state index in [4.69, 9.17) is 0 Å². The highest BCUT2D eigenvalue weighted by atomic mass is 28.5. The minimum absolute atomic E-state index is 0.757. The Morgan fingerprint density at radius 1 is 1.43 bits per heavy atom. The molecule has 4 heteroatoms. The van der Waals surface area contributed by atoms with Gasteiger partial charge in [-0.1, -0.05) is 6.08 Å². The fourth-order valence-corrected chi connectivity index (χ4v) is 0.491. The lowest BCUT2D eigenvalue weighted by Crippen LogP contribution is -2.11. The fourth-order valence-electron chi connectivity index (χ4n) is 0.164. The number of allylic oxidation sites excluding steroid dienone is 1. The van der Waals surface area contributed by atoms with Crippen molar-refractivity contribution in [3.8, 4) is 0 Å². The van der Waals surface area contributed by atoms with Crippen LogP contribution in [0, 0.1) is 0 Å². The van der Waals surface area contributed by atoms with Crippen LogP contribution in [-0.4, -0.2) is 9.08 Å². The lowest BCUT2D eigenvalue weighted by Gasteiger charge is -1.92. The van der Waals surface area contributed by atoms with Gasteiger partial charge in [-0.2, -0.15) is 0 Å². The van der Waals surface area contributed by atoms with Crippen molar-refractivity contribution in [3.63, 3.8) is 0 Å². The first-order valence-electron chi connectivity index (χ1n) is 1.74. The Morgan fingerprint density at radius 3 is 1.86 bits per heavy atom. The summed E-state index contributed by atoms with van der Waals surface area (Å²) in [5, 5.41) is 0. The van der Waals surface area contributed by atoms with Crippen molar-refractivity contribution in [1.29, 1.82) is 0 Å². The van der Waals surface area contributed by atoms with Crippen molar-refractivity contribution in [1.82, 2.24) is 0 Å². The van der Waals surface area contributed by atoms with Crippen LogP contribution in [-0.2, 0) is 0 Å². The van der Waals surface area contributed by atoms with Gasteiger partial charge in [0.1, 0.15) is 0 Å². The van der Waals surface area contributed by atoms with Gasteiger partial charge in [0.05, 0.1) is 0 Å². The second-order valence-electron chi connectivity index (χ2n) is 1.11. The van der Waals surface area contributed by atoms with Crippen LogP contribution in [0.3, 0.4) is 0 Å². The van der Waals surface area contributed by atoms with Gasteiger partial charge in [-0.05, 0) is 0 Å². The Labute approximate surface area is 41.2 Å². The van der Waals surface area contributed by atoms with Gasteiger partial charge in [0, 0.05) is 6.04 Å². The van der Waals surface area contributed by atoms with Gasteiger partial charge in [-0.25, -0.2) is 12.3 Å². The summed E-state index contributed by atoms with van der Waals surface area (Å²) in [4.78, 5) is 0. The van der Waals surface area contributed by atoms with Crippen molar-refractivity contribution in [2.24, 2.45) is 0 Å². The van der Waals surface area contributed by atoms with Crippen LogP contribution in [0.4, 0.5) is 12.3 Å². The number of hydrogen-bond donors (Lipinski definition) is 0. The topological polar surface area (TPSA) is 0 Å². The lowest BCUT2D eigenvalue weighted by molar-refractivity contribution is 0.478. The minimum atomic E-state index is -5.28. The number of halogens is 3. The summed E-state index contributed by atoms with van der Waals surface area (Å²) in [7, 11) is -5.28. The third-order valence-corrected chi connectivity index (χ3v) is 1.13. The van der Waals surface area contributed by atoms with E-state index in [9.17, 15) is 12.3 Å². The molecule has 0 bridgehead atoms. The summed E-state index contributed by atoms with van der Waals surface area (Å²) in [6, 6.07) is -0.757. The van der Waals surface area contributed by atoms with E-state index in [0.29, 0.717) is 0 Å². The molecule has 0 aliphatic rings. The second-order valence-corrected chi connectivity index (χ2v) is 2.75. The maximum atomic E-state index is 11.1. The SMILES string of the molecule is C=CC[Si](F)(F)F. The summed E-state index contributed by atoms with van der Waals surface area (Å²) in [5.74, 6) is 0. The maximum Gasteiger partial charge on any atom is 0.620 e. The molecule has 0 radical (unpaired) electrons. The van der Waals surface area contributed by atoms with Crippen LogP contribution < -0.4 is 0 Å². The lowest BCUT2D eigenvalue weighted by atomic mass is 10.8. The molecule has 0 aromatic carbocycles. The largest absolute Gasteiger partial charge is 0.620 e. The first kappa shape index (κ1) is 6.75. The van der Waals surface area contributed by atoms with E-state index < -0.39 is 15.1 Å². The van der Waals surface area contributed by atoms with E-state index in [1.54, 1.807) is 0 Å². The number of rotatable bonds is 2. The standard InChI is InChI=1S/C3H5F3Si/c1-2-3-7(4,5)6/h2H,1,3H2. The zero-order valence-corrected chi connectivity index (χ0v) is 4.63. The Morgan fingerprint density at radius 2 is 1.86 bits per heavy atom. The van der Waals surface area contributed by atoms with Crippen LogP contribution in [0.5, 0.6) is 0 Å². The van der Waals surface area contributed by atoms with Crippen molar-refractivity contribution in [2.75, 3.05) is 0 Å².